The number of aromatic nitrogens is 2. The average Bonchev–Trinajstić information content (AvgIpc) is 2.75. The Balaban J connectivity index is 2.03. The topological polar surface area (TPSA) is 94.0 Å². The van der Waals surface area contributed by atoms with Crippen LogP contribution < -0.4 is 11.1 Å². The van der Waals surface area contributed by atoms with Crippen LogP contribution in [0.3, 0.4) is 0 Å². The first kappa shape index (κ1) is 10.2. The van der Waals surface area contributed by atoms with Gasteiger partial charge in [-0.25, -0.2) is 0 Å². The summed E-state index contributed by atoms with van der Waals surface area (Å²) in [5.74, 6) is 0.777. The standard InChI is InChI=1S/C10H8N4O2S/c11-10-14-13-9(16-10)5-1-2-7-6(3-5)12-8(15)4-17-7/h1-3H,4H2,(H2,11,14)(H,12,15). The maximum absolute atomic E-state index is 11.3. The molecule has 0 fully saturated rings. The van der Waals surface area contributed by atoms with Crippen LogP contribution in [0.15, 0.2) is 27.5 Å². The largest absolute Gasteiger partial charge is 0.404 e. The number of nitrogens with two attached hydrogens (primary N) is 1. The molecule has 6 nitrogen and oxygen atoms in total. The fourth-order valence-corrected chi connectivity index (χ4v) is 2.36. The second-order valence-corrected chi connectivity index (χ2v) is 4.51. The van der Waals surface area contributed by atoms with Gasteiger partial charge < -0.3 is 15.5 Å². The Morgan fingerprint density at radius 2 is 2.29 bits per heavy atom. The van der Waals surface area contributed by atoms with E-state index in [1.165, 1.54) is 11.8 Å². The fraction of sp³-hybridized carbons (Fsp3) is 0.100. The van der Waals surface area contributed by atoms with Crippen LogP contribution in [-0.4, -0.2) is 21.9 Å². The van der Waals surface area contributed by atoms with Gasteiger partial charge in [0.05, 0.1) is 11.4 Å². The summed E-state index contributed by atoms with van der Waals surface area (Å²) >= 11 is 1.50. The summed E-state index contributed by atoms with van der Waals surface area (Å²) in [7, 11) is 0. The minimum atomic E-state index is -0.00954. The number of nitrogens with one attached hydrogen (secondary N) is 1. The van der Waals surface area contributed by atoms with Gasteiger partial charge in [0.2, 0.25) is 11.8 Å². The molecule has 0 bridgehead atoms. The normalized spacial score (nSPS) is 14.2. The second-order valence-electron chi connectivity index (χ2n) is 3.49. The third-order valence-electron chi connectivity index (χ3n) is 2.30. The van der Waals surface area contributed by atoms with Gasteiger partial charge in [0.15, 0.2) is 0 Å². The third-order valence-corrected chi connectivity index (χ3v) is 3.37. The van der Waals surface area contributed by atoms with Gasteiger partial charge in [-0.1, -0.05) is 5.10 Å². The van der Waals surface area contributed by atoms with Crippen LogP contribution in [0.5, 0.6) is 0 Å². The van der Waals surface area contributed by atoms with E-state index in [0.717, 1.165) is 16.1 Å². The van der Waals surface area contributed by atoms with E-state index in [4.69, 9.17) is 10.2 Å². The van der Waals surface area contributed by atoms with Crippen LogP contribution in [0, 0.1) is 0 Å². The molecule has 0 aliphatic carbocycles. The first-order valence-electron chi connectivity index (χ1n) is 4.88. The molecule has 1 aliphatic heterocycles. The van der Waals surface area contributed by atoms with Gasteiger partial charge >= 0.3 is 6.01 Å². The third kappa shape index (κ3) is 1.84. The molecule has 7 heteroatoms. The Labute approximate surface area is 101 Å². The summed E-state index contributed by atoms with van der Waals surface area (Å²) in [6.07, 6.45) is 0. The molecule has 17 heavy (non-hydrogen) atoms. The van der Waals surface area contributed by atoms with E-state index < -0.39 is 0 Å². The number of amides is 1. The monoisotopic (exact) mass is 248 g/mol. The Kier molecular flexibility index (Phi) is 2.25. The highest BCUT2D eigenvalue weighted by Crippen LogP contribution is 2.34. The van der Waals surface area contributed by atoms with Crippen LogP contribution >= 0.6 is 11.8 Å². The number of carbonyl (C=O) groups excluding carboxylic acids is 1. The summed E-state index contributed by atoms with van der Waals surface area (Å²) in [4.78, 5) is 12.3. The number of hydrogen-bond acceptors (Lipinski definition) is 6. The highest BCUT2D eigenvalue weighted by Gasteiger charge is 2.17. The number of rotatable bonds is 1. The number of nitrogen functional groups attached to an aromatic ring is 1. The lowest BCUT2D eigenvalue weighted by Crippen LogP contribution is -2.18. The fourth-order valence-electron chi connectivity index (χ4n) is 1.57. The molecule has 0 saturated carbocycles. The molecular weight excluding hydrogens is 240 g/mol. The van der Waals surface area contributed by atoms with E-state index in [9.17, 15) is 4.79 Å². The van der Waals surface area contributed by atoms with Crippen LogP contribution in [0.4, 0.5) is 11.7 Å². The van der Waals surface area contributed by atoms with Crippen molar-refractivity contribution in [1.82, 2.24) is 10.2 Å². The van der Waals surface area contributed by atoms with Crippen LogP contribution in [0.1, 0.15) is 0 Å². The average molecular weight is 248 g/mol. The second kappa shape index (κ2) is 3.77. The SMILES string of the molecule is Nc1nnc(-c2ccc3c(c2)NC(=O)CS3)o1. The van der Waals surface area contributed by atoms with Gasteiger partial charge in [-0.05, 0) is 18.2 Å². The summed E-state index contributed by atoms with van der Waals surface area (Å²) in [5.41, 5.74) is 6.86. The molecule has 3 rings (SSSR count). The van der Waals surface area contributed by atoms with E-state index in [-0.39, 0.29) is 11.9 Å². The maximum Gasteiger partial charge on any atom is 0.313 e. The van der Waals surface area contributed by atoms with Gasteiger partial charge in [0.1, 0.15) is 0 Å². The summed E-state index contributed by atoms with van der Waals surface area (Å²) in [5, 5.41) is 10.2. The predicted octanol–water partition coefficient (Wildman–Crippen LogP) is 1.36. The number of carbonyl (C=O) groups is 1. The van der Waals surface area contributed by atoms with E-state index >= 15 is 0 Å². The van der Waals surface area contributed by atoms with Gasteiger partial charge in [-0.2, -0.15) is 0 Å². The molecule has 2 heterocycles. The first-order valence-corrected chi connectivity index (χ1v) is 5.87. The maximum atomic E-state index is 11.3. The number of hydrogen-bond donors (Lipinski definition) is 2. The zero-order valence-electron chi connectivity index (χ0n) is 8.64. The minimum absolute atomic E-state index is 0.00954. The Morgan fingerprint density at radius 1 is 1.41 bits per heavy atom. The Hall–Kier alpha value is -2.02. The summed E-state index contributed by atoms with van der Waals surface area (Å²) in [6, 6.07) is 5.59. The molecule has 0 unspecified atom stereocenters. The van der Waals surface area contributed by atoms with Crippen molar-refractivity contribution in [3.63, 3.8) is 0 Å². The van der Waals surface area contributed by atoms with Crippen LogP contribution in [-0.2, 0) is 4.79 Å². The van der Waals surface area contributed by atoms with Crippen molar-refractivity contribution >= 4 is 29.4 Å². The van der Waals surface area contributed by atoms with Crippen molar-refractivity contribution in [2.45, 2.75) is 4.90 Å². The van der Waals surface area contributed by atoms with Crippen molar-refractivity contribution in [1.29, 1.82) is 0 Å². The number of benzene rings is 1. The molecule has 0 saturated heterocycles. The highest BCUT2D eigenvalue weighted by atomic mass is 32.2. The molecule has 1 amide bonds. The van der Waals surface area contributed by atoms with Gasteiger partial charge in [-0.15, -0.1) is 16.9 Å². The van der Waals surface area contributed by atoms with Crippen molar-refractivity contribution in [3.05, 3.63) is 18.2 Å². The van der Waals surface area contributed by atoms with Gasteiger partial charge in [-0.3, -0.25) is 4.79 Å². The molecular formula is C10H8N4O2S. The van der Waals surface area contributed by atoms with Gasteiger partial charge in [0, 0.05) is 10.5 Å². The summed E-state index contributed by atoms with van der Waals surface area (Å²) < 4.78 is 5.12. The van der Waals surface area contributed by atoms with Crippen LogP contribution in [0.2, 0.25) is 0 Å². The van der Waals surface area contributed by atoms with Crippen molar-refractivity contribution in [2.24, 2.45) is 0 Å². The molecule has 2 aromatic rings. The Bertz CT molecular complexity index is 596. The molecule has 0 radical (unpaired) electrons. The molecule has 1 aromatic heterocycles. The Morgan fingerprint density at radius 3 is 3.06 bits per heavy atom. The van der Waals surface area contributed by atoms with Crippen molar-refractivity contribution in [2.75, 3.05) is 16.8 Å². The van der Waals surface area contributed by atoms with Crippen molar-refractivity contribution in [3.8, 4) is 11.5 Å². The summed E-state index contributed by atoms with van der Waals surface area (Å²) in [6.45, 7) is 0. The predicted molar refractivity (Wildman–Crippen MR) is 63.5 cm³/mol. The highest BCUT2D eigenvalue weighted by molar-refractivity contribution is 8.00. The molecule has 1 aliphatic rings. The van der Waals surface area contributed by atoms with E-state index in [1.807, 2.05) is 12.1 Å². The first-order chi connectivity index (χ1) is 8.22. The molecule has 0 atom stereocenters. The lowest BCUT2D eigenvalue weighted by atomic mass is 10.2. The number of thioether (sulfide) groups is 1. The lowest BCUT2D eigenvalue weighted by molar-refractivity contribution is -0.113. The van der Waals surface area contributed by atoms with E-state index in [1.54, 1.807) is 6.07 Å². The lowest BCUT2D eigenvalue weighted by Gasteiger charge is -2.16. The van der Waals surface area contributed by atoms with Crippen molar-refractivity contribution < 1.29 is 9.21 Å². The minimum Gasteiger partial charge on any atom is -0.404 e. The van der Waals surface area contributed by atoms with Gasteiger partial charge in [0.25, 0.3) is 0 Å². The number of nitrogens with zero attached hydrogens (tertiary/aromatic N) is 2. The molecule has 3 N–H and O–H groups in total. The smallest absolute Gasteiger partial charge is 0.313 e. The molecule has 1 aromatic carbocycles. The zero-order valence-corrected chi connectivity index (χ0v) is 9.45. The van der Waals surface area contributed by atoms with Crippen LogP contribution in [0.25, 0.3) is 11.5 Å². The quantitative estimate of drug-likeness (QED) is 0.791. The molecule has 0 spiro atoms. The number of fused-ring (bicyclic) bond motifs is 1. The van der Waals surface area contributed by atoms with E-state index in [2.05, 4.69) is 15.5 Å². The number of anilines is 2. The zero-order chi connectivity index (χ0) is 11.8. The van der Waals surface area contributed by atoms with E-state index in [0.29, 0.717) is 11.6 Å². The molecule has 86 valence electrons.